The molecule has 0 amide bonds. The highest BCUT2D eigenvalue weighted by atomic mass is 15.1. The molecule has 0 radical (unpaired) electrons. The van der Waals surface area contributed by atoms with Gasteiger partial charge in [0.25, 0.3) is 6.85 Å². The van der Waals surface area contributed by atoms with E-state index in [0.29, 0.717) is 23.1 Å². The molecule has 0 aromatic rings. The van der Waals surface area contributed by atoms with E-state index in [0.717, 1.165) is 0 Å². The Bertz CT molecular complexity index is 440. The minimum absolute atomic E-state index is 0.394. The molecule has 1 aliphatic heterocycles. The second-order valence-corrected chi connectivity index (χ2v) is 11.3. The largest absolute Gasteiger partial charge is 0.414 e. The molecule has 24 heavy (non-hydrogen) atoms. The normalized spacial score (nSPS) is 16.6. The summed E-state index contributed by atoms with van der Waals surface area (Å²) in [5.41, 5.74) is 2.76. The first kappa shape index (κ1) is 21.4. The molecule has 0 spiro atoms. The third kappa shape index (κ3) is 8.99. The van der Waals surface area contributed by atoms with Gasteiger partial charge < -0.3 is 4.81 Å². The van der Waals surface area contributed by atoms with Gasteiger partial charge in [0.1, 0.15) is 0 Å². The molecule has 0 unspecified atom stereocenters. The minimum Gasteiger partial charge on any atom is -0.414 e. The molecule has 0 aliphatic carbocycles. The second kappa shape index (κ2) is 8.15. The van der Waals surface area contributed by atoms with Crippen molar-refractivity contribution in [2.75, 3.05) is 6.54 Å². The fraction of sp³-hybridized carbons (Fsp3) is 0.818. The molecule has 0 aromatic carbocycles. The fourth-order valence-corrected chi connectivity index (χ4v) is 3.04. The lowest BCUT2D eigenvalue weighted by Crippen LogP contribution is -2.41. The van der Waals surface area contributed by atoms with Crippen LogP contribution in [-0.4, -0.2) is 18.2 Å². The average Bonchev–Trinajstić information content (AvgIpc) is 2.38. The van der Waals surface area contributed by atoms with Gasteiger partial charge in [-0.05, 0) is 47.9 Å². The van der Waals surface area contributed by atoms with Crippen molar-refractivity contribution in [2.45, 2.75) is 94.3 Å². The first-order chi connectivity index (χ1) is 10.8. The lowest BCUT2D eigenvalue weighted by Gasteiger charge is -2.38. The van der Waals surface area contributed by atoms with Crippen LogP contribution in [0.2, 0.25) is 6.32 Å². The van der Waals surface area contributed by atoms with E-state index in [1.54, 1.807) is 5.70 Å². The first-order valence-electron chi connectivity index (χ1n) is 9.91. The Hall–Kier alpha value is -0.655. The zero-order valence-electron chi connectivity index (χ0n) is 18.0. The second-order valence-electron chi connectivity index (χ2n) is 11.3. The summed E-state index contributed by atoms with van der Waals surface area (Å²) in [6.45, 7) is 22.9. The maximum atomic E-state index is 2.71. The molecule has 1 aliphatic rings. The number of allylic oxidation sites excluding steroid dienone is 3. The van der Waals surface area contributed by atoms with Crippen molar-refractivity contribution in [3.8, 4) is 0 Å². The monoisotopic (exact) mass is 331 g/mol. The summed E-state index contributed by atoms with van der Waals surface area (Å²) in [6, 6.07) is 0. The smallest absolute Gasteiger partial charge is 0.280 e. The third-order valence-corrected chi connectivity index (χ3v) is 4.82. The summed E-state index contributed by atoms with van der Waals surface area (Å²) >= 11 is 0. The van der Waals surface area contributed by atoms with E-state index in [4.69, 9.17) is 0 Å². The van der Waals surface area contributed by atoms with Crippen molar-refractivity contribution in [3.05, 3.63) is 23.8 Å². The van der Waals surface area contributed by atoms with Crippen LogP contribution in [0, 0.1) is 16.2 Å². The van der Waals surface area contributed by atoms with Gasteiger partial charge >= 0.3 is 0 Å². The van der Waals surface area contributed by atoms with Crippen molar-refractivity contribution in [2.24, 2.45) is 16.2 Å². The van der Waals surface area contributed by atoms with E-state index in [-0.39, 0.29) is 0 Å². The highest BCUT2D eigenvalue weighted by Gasteiger charge is 2.28. The molecule has 1 heterocycles. The van der Waals surface area contributed by atoms with Gasteiger partial charge in [0.05, 0.1) is 0 Å². The van der Waals surface area contributed by atoms with Crippen LogP contribution in [0.25, 0.3) is 0 Å². The Morgan fingerprint density at radius 2 is 1.33 bits per heavy atom. The van der Waals surface area contributed by atoms with Crippen LogP contribution in [0.1, 0.15) is 88.0 Å². The van der Waals surface area contributed by atoms with Gasteiger partial charge in [-0.2, -0.15) is 0 Å². The SMILES string of the molecule is CC(C)(C)CCB1C=CC=C(CCC(C)(C)C)N1CCC(C)(C)C. The number of hydrogen-bond acceptors (Lipinski definition) is 1. The predicted octanol–water partition coefficient (Wildman–Crippen LogP) is 6.97. The molecule has 2 heteroatoms. The Balaban J connectivity index is 2.82. The van der Waals surface area contributed by atoms with Crippen molar-refractivity contribution >= 4 is 6.85 Å². The molecule has 0 N–H and O–H groups in total. The van der Waals surface area contributed by atoms with Crippen LogP contribution in [0.3, 0.4) is 0 Å². The van der Waals surface area contributed by atoms with Crippen LogP contribution in [0.5, 0.6) is 0 Å². The minimum atomic E-state index is 0.394. The zero-order chi connectivity index (χ0) is 18.6. The van der Waals surface area contributed by atoms with E-state index in [1.165, 1.54) is 38.5 Å². The third-order valence-electron chi connectivity index (χ3n) is 4.82. The fourth-order valence-electron chi connectivity index (χ4n) is 3.04. The van der Waals surface area contributed by atoms with Crippen LogP contribution < -0.4 is 0 Å². The molecule has 0 bridgehead atoms. The van der Waals surface area contributed by atoms with Crippen LogP contribution in [0.4, 0.5) is 0 Å². The summed E-state index contributed by atoms with van der Waals surface area (Å²) in [7, 11) is 0. The number of hydrogen-bond donors (Lipinski definition) is 0. The van der Waals surface area contributed by atoms with Crippen LogP contribution >= 0.6 is 0 Å². The average molecular weight is 331 g/mol. The van der Waals surface area contributed by atoms with Crippen molar-refractivity contribution < 1.29 is 0 Å². The van der Waals surface area contributed by atoms with Gasteiger partial charge in [0, 0.05) is 12.2 Å². The van der Waals surface area contributed by atoms with Crippen molar-refractivity contribution in [3.63, 3.8) is 0 Å². The van der Waals surface area contributed by atoms with Gasteiger partial charge in [-0.25, -0.2) is 0 Å². The Morgan fingerprint density at radius 1 is 0.792 bits per heavy atom. The molecule has 0 saturated carbocycles. The maximum absolute atomic E-state index is 2.71. The first-order valence-corrected chi connectivity index (χ1v) is 9.91. The van der Waals surface area contributed by atoms with Crippen LogP contribution in [0.15, 0.2) is 23.8 Å². The molecule has 0 aromatic heterocycles. The molecule has 0 saturated heterocycles. The van der Waals surface area contributed by atoms with Gasteiger partial charge in [-0.3, -0.25) is 0 Å². The molecule has 1 nitrogen and oxygen atoms in total. The van der Waals surface area contributed by atoms with Crippen molar-refractivity contribution in [1.29, 1.82) is 0 Å². The van der Waals surface area contributed by atoms with E-state index < -0.39 is 0 Å². The molecular formula is C22H42BN. The Labute approximate surface area is 153 Å². The Morgan fingerprint density at radius 3 is 1.83 bits per heavy atom. The van der Waals surface area contributed by atoms with E-state index in [2.05, 4.69) is 85.3 Å². The molecule has 138 valence electrons. The molecule has 1 rings (SSSR count). The van der Waals surface area contributed by atoms with Gasteiger partial charge in [0.15, 0.2) is 0 Å². The van der Waals surface area contributed by atoms with E-state index in [1.807, 2.05) is 0 Å². The predicted molar refractivity (Wildman–Crippen MR) is 111 cm³/mol. The zero-order valence-corrected chi connectivity index (χ0v) is 18.0. The van der Waals surface area contributed by atoms with Crippen molar-refractivity contribution in [1.82, 2.24) is 4.81 Å². The molecule has 0 atom stereocenters. The molecular weight excluding hydrogens is 289 g/mol. The summed E-state index contributed by atoms with van der Waals surface area (Å²) in [4.78, 5) is 2.71. The highest BCUT2D eigenvalue weighted by molar-refractivity contribution is 6.62. The summed E-state index contributed by atoms with van der Waals surface area (Å²) < 4.78 is 0. The van der Waals surface area contributed by atoms with Gasteiger partial charge in [-0.1, -0.05) is 80.8 Å². The Kier molecular flexibility index (Phi) is 7.26. The summed E-state index contributed by atoms with van der Waals surface area (Å²) in [5, 5.41) is 0. The summed E-state index contributed by atoms with van der Waals surface area (Å²) in [5.74, 6) is 2.43. The van der Waals surface area contributed by atoms with Crippen LogP contribution in [-0.2, 0) is 0 Å². The van der Waals surface area contributed by atoms with Gasteiger partial charge in [0.2, 0.25) is 0 Å². The quantitative estimate of drug-likeness (QED) is 0.475. The maximum Gasteiger partial charge on any atom is 0.280 e. The topological polar surface area (TPSA) is 3.24 Å². The van der Waals surface area contributed by atoms with E-state index >= 15 is 0 Å². The standard InChI is InChI=1S/C22H42BN/c1-20(2,3)13-12-19-11-10-16-23(17-14-21(4,5)6)24(19)18-15-22(7,8)9/h10-11,16H,12-15,17-18H2,1-9H3. The lowest BCUT2D eigenvalue weighted by atomic mass is 9.53. The number of rotatable bonds is 6. The highest BCUT2D eigenvalue weighted by Crippen LogP contribution is 2.31. The number of nitrogens with zero attached hydrogens (tertiary/aromatic N) is 1. The lowest BCUT2D eigenvalue weighted by molar-refractivity contribution is 0.316. The van der Waals surface area contributed by atoms with Gasteiger partial charge in [-0.15, -0.1) is 0 Å². The van der Waals surface area contributed by atoms with E-state index in [9.17, 15) is 0 Å². The molecule has 0 fully saturated rings. The summed E-state index contributed by atoms with van der Waals surface area (Å²) in [6.07, 6.45) is 10.9.